The van der Waals surface area contributed by atoms with E-state index in [-0.39, 0.29) is 5.41 Å². The molecule has 1 aromatic carbocycles. The van der Waals surface area contributed by atoms with Crippen LogP contribution in [0.1, 0.15) is 39.2 Å². The molecule has 1 aliphatic carbocycles. The third-order valence-corrected chi connectivity index (χ3v) is 2.99. The minimum Gasteiger partial charge on any atom is -0.493 e. The van der Waals surface area contributed by atoms with E-state index >= 15 is 0 Å². The van der Waals surface area contributed by atoms with Crippen LogP contribution in [-0.4, -0.2) is 6.61 Å². The minimum atomic E-state index is 0.104. The molecule has 1 fully saturated rings. The van der Waals surface area contributed by atoms with Crippen LogP contribution in [0, 0.1) is 5.92 Å². The molecule has 0 aliphatic heterocycles. The number of hydrogen-bond donors (Lipinski definition) is 1. The van der Waals surface area contributed by atoms with E-state index in [9.17, 15) is 0 Å². The number of nitrogens with two attached hydrogens (primary N) is 1. The highest BCUT2D eigenvalue weighted by atomic mass is 16.5. The van der Waals surface area contributed by atoms with Crippen molar-refractivity contribution < 1.29 is 4.74 Å². The Morgan fingerprint density at radius 2 is 2.00 bits per heavy atom. The van der Waals surface area contributed by atoms with Crippen molar-refractivity contribution in [3.8, 4) is 5.75 Å². The van der Waals surface area contributed by atoms with Crippen LogP contribution in [0.3, 0.4) is 0 Å². The summed E-state index contributed by atoms with van der Waals surface area (Å²) in [5, 5.41) is 0. The number of anilines is 1. The van der Waals surface area contributed by atoms with Crippen molar-refractivity contribution in [2.24, 2.45) is 5.92 Å². The van der Waals surface area contributed by atoms with E-state index in [2.05, 4.69) is 26.8 Å². The molecule has 2 heteroatoms. The second-order valence-electron chi connectivity index (χ2n) is 5.76. The maximum absolute atomic E-state index is 5.89. The second kappa shape index (κ2) is 4.00. The van der Waals surface area contributed by atoms with Crippen LogP contribution >= 0.6 is 0 Å². The molecule has 0 amide bonds. The molecule has 0 atom stereocenters. The van der Waals surface area contributed by atoms with Gasteiger partial charge >= 0.3 is 0 Å². The van der Waals surface area contributed by atoms with Crippen LogP contribution in [0.25, 0.3) is 0 Å². The Labute approximate surface area is 97.8 Å². The summed E-state index contributed by atoms with van der Waals surface area (Å²) in [7, 11) is 0. The summed E-state index contributed by atoms with van der Waals surface area (Å²) >= 11 is 0. The number of ether oxygens (including phenoxy) is 1. The quantitative estimate of drug-likeness (QED) is 0.791. The lowest BCUT2D eigenvalue weighted by Crippen LogP contribution is -2.14. The molecule has 2 nitrogen and oxygen atoms in total. The molecule has 0 aromatic heterocycles. The van der Waals surface area contributed by atoms with Gasteiger partial charge in [-0.05, 0) is 35.8 Å². The summed E-state index contributed by atoms with van der Waals surface area (Å²) in [6, 6.07) is 5.98. The molecule has 0 bridgehead atoms. The van der Waals surface area contributed by atoms with Crippen LogP contribution in [0.15, 0.2) is 18.2 Å². The number of hydrogen-bond acceptors (Lipinski definition) is 2. The van der Waals surface area contributed by atoms with Gasteiger partial charge in [0.25, 0.3) is 0 Å². The molecule has 0 spiro atoms. The Kier molecular flexibility index (Phi) is 2.83. The molecule has 1 aromatic rings. The van der Waals surface area contributed by atoms with Gasteiger partial charge < -0.3 is 10.5 Å². The first kappa shape index (κ1) is 11.3. The van der Waals surface area contributed by atoms with Crippen molar-refractivity contribution in [1.82, 2.24) is 0 Å². The van der Waals surface area contributed by atoms with Gasteiger partial charge in [-0.2, -0.15) is 0 Å². The zero-order valence-electron chi connectivity index (χ0n) is 10.4. The van der Waals surface area contributed by atoms with Gasteiger partial charge in [0.2, 0.25) is 0 Å². The summed E-state index contributed by atoms with van der Waals surface area (Å²) in [5.41, 5.74) is 7.93. The largest absolute Gasteiger partial charge is 0.493 e. The van der Waals surface area contributed by atoms with Crippen LogP contribution in [-0.2, 0) is 5.41 Å². The number of benzene rings is 1. The van der Waals surface area contributed by atoms with Gasteiger partial charge in [0, 0.05) is 11.8 Å². The van der Waals surface area contributed by atoms with Gasteiger partial charge in [-0.3, -0.25) is 0 Å². The van der Waals surface area contributed by atoms with E-state index in [1.165, 1.54) is 18.4 Å². The SMILES string of the molecule is CC(C)(C)c1ccc(N)cc1OCC1CC1. The zero-order chi connectivity index (χ0) is 11.8. The molecular weight excluding hydrogens is 198 g/mol. The molecule has 2 N–H and O–H groups in total. The lowest BCUT2D eigenvalue weighted by atomic mass is 9.86. The van der Waals surface area contributed by atoms with Gasteiger partial charge in [0.1, 0.15) is 5.75 Å². The molecule has 88 valence electrons. The Morgan fingerprint density at radius 1 is 1.31 bits per heavy atom. The van der Waals surface area contributed by atoms with Gasteiger partial charge in [-0.15, -0.1) is 0 Å². The van der Waals surface area contributed by atoms with Crippen molar-refractivity contribution >= 4 is 5.69 Å². The smallest absolute Gasteiger partial charge is 0.125 e. The maximum atomic E-state index is 5.89. The first-order valence-corrected chi connectivity index (χ1v) is 5.99. The van der Waals surface area contributed by atoms with Crippen LogP contribution < -0.4 is 10.5 Å². The lowest BCUT2D eigenvalue weighted by Gasteiger charge is -2.23. The lowest BCUT2D eigenvalue weighted by molar-refractivity contribution is 0.292. The van der Waals surface area contributed by atoms with E-state index in [4.69, 9.17) is 10.5 Å². The maximum Gasteiger partial charge on any atom is 0.125 e. The van der Waals surface area contributed by atoms with Gasteiger partial charge in [-0.25, -0.2) is 0 Å². The van der Waals surface area contributed by atoms with Crippen molar-refractivity contribution in [1.29, 1.82) is 0 Å². The highest BCUT2D eigenvalue weighted by molar-refractivity contribution is 5.50. The van der Waals surface area contributed by atoms with Crippen molar-refractivity contribution in [2.45, 2.75) is 39.0 Å². The molecule has 2 rings (SSSR count). The van der Waals surface area contributed by atoms with E-state index in [1.54, 1.807) is 0 Å². The van der Waals surface area contributed by atoms with Crippen LogP contribution in [0.2, 0.25) is 0 Å². The third-order valence-electron chi connectivity index (χ3n) is 2.99. The second-order valence-corrected chi connectivity index (χ2v) is 5.76. The summed E-state index contributed by atoms with van der Waals surface area (Å²) in [5.74, 6) is 1.73. The standard InChI is InChI=1S/C14H21NO/c1-14(2,3)12-7-6-11(15)8-13(12)16-9-10-4-5-10/h6-8,10H,4-5,9,15H2,1-3H3. The monoisotopic (exact) mass is 219 g/mol. The molecule has 1 saturated carbocycles. The molecule has 0 radical (unpaired) electrons. The summed E-state index contributed by atoms with van der Waals surface area (Å²) in [6.07, 6.45) is 2.63. The molecule has 16 heavy (non-hydrogen) atoms. The summed E-state index contributed by atoms with van der Waals surface area (Å²) < 4.78 is 5.89. The summed E-state index contributed by atoms with van der Waals surface area (Å²) in [4.78, 5) is 0. The topological polar surface area (TPSA) is 35.2 Å². The molecular formula is C14H21NO. The van der Waals surface area contributed by atoms with E-state index in [0.29, 0.717) is 0 Å². The van der Waals surface area contributed by atoms with Crippen LogP contribution in [0.4, 0.5) is 5.69 Å². The number of nitrogen functional groups attached to an aromatic ring is 1. The Balaban J connectivity index is 2.20. The third kappa shape index (κ3) is 2.69. The Morgan fingerprint density at radius 3 is 2.56 bits per heavy atom. The van der Waals surface area contributed by atoms with Crippen molar-refractivity contribution in [3.05, 3.63) is 23.8 Å². The molecule has 0 saturated heterocycles. The first-order chi connectivity index (χ1) is 7.47. The predicted molar refractivity (Wildman–Crippen MR) is 67.8 cm³/mol. The average Bonchev–Trinajstić information content (AvgIpc) is 2.96. The van der Waals surface area contributed by atoms with Gasteiger partial charge in [-0.1, -0.05) is 26.8 Å². The highest BCUT2D eigenvalue weighted by Crippen LogP contribution is 2.35. The molecule has 0 unspecified atom stereocenters. The average molecular weight is 219 g/mol. The van der Waals surface area contributed by atoms with Crippen molar-refractivity contribution in [3.63, 3.8) is 0 Å². The van der Waals surface area contributed by atoms with Crippen molar-refractivity contribution in [2.75, 3.05) is 12.3 Å². The predicted octanol–water partition coefficient (Wildman–Crippen LogP) is 3.36. The molecule has 1 aliphatic rings. The van der Waals surface area contributed by atoms with Gasteiger partial charge in [0.15, 0.2) is 0 Å². The summed E-state index contributed by atoms with van der Waals surface area (Å²) in [6.45, 7) is 7.43. The zero-order valence-corrected chi connectivity index (χ0v) is 10.4. The normalized spacial score (nSPS) is 16.2. The molecule has 0 heterocycles. The van der Waals surface area contributed by atoms with Crippen LogP contribution in [0.5, 0.6) is 5.75 Å². The first-order valence-electron chi connectivity index (χ1n) is 5.99. The fourth-order valence-electron chi connectivity index (χ4n) is 1.77. The fraction of sp³-hybridized carbons (Fsp3) is 0.571. The van der Waals surface area contributed by atoms with Gasteiger partial charge in [0.05, 0.1) is 6.61 Å². The Bertz CT molecular complexity index is 375. The Hall–Kier alpha value is -1.18. The van der Waals surface area contributed by atoms with E-state index < -0.39 is 0 Å². The van der Waals surface area contributed by atoms with E-state index in [1.807, 2.05) is 12.1 Å². The number of rotatable bonds is 3. The minimum absolute atomic E-state index is 0.104. The fourth-order valence-corrected chi connectivity index (χ4v) is 1.77. The highest BCUT2D eigenvalue weighted by Gasteiger charge is 2.24. The van der Waals surface area contributed by atoms with E-state index in [0.717, 1.165) is 24.0 Å².